The molecule has 1 N–H and O–H groups in total. The normalized spacial score (nSPS) is 9.81. The first kappa shape index (κ1) is 12.5. The van der Waals surface area contributed by atoms with Crippen LogP contribution in [0, 0.1) is 23.6 Å². The lowest BCUT2D eigenvalue weighted by Gasteiger charge is -2.09. The Hall–Kier alpha value is -1.53. The van der Waals surface area contributed by atoms with Crippen LogP contribution in [0.3, 0.4) is 0 Å². The van der Waals surface area contributed by atoms with Crippen molar-refractivity contribution in [1.29, 1.82) is 0 Å². The topological polar surface area (TPSA) is 29.5 Å². The molecule has 16 heavy (non-hydrogen) atoms. The molecule has 0 spiro atoms. The molecule has 1 aromatic rings. The third kappa shape index (κ3) is 3.92. The highest BCUT2D eigenvalue weighted by Gasteiger charge is 2.04. The number of aliphatic hydroxyl groups excluding tert-OH is 1. The van der Waals surface area contributed by atoms with Crippen molar-refractivity contribution in [2.75, 3.05) is 13.2 Å². The van der Waals surface area contributed by atoms with Gasteiger partial charge in [0.25, 0.3) is 0 Å². The van der Waals surface area contributed by atoms with Gasteiger partial charge in [-0.3, -0.25) is 0 Å². The number of rotatable bonds is 3. The van der Waals surface area contributed by atoms with Gasteiger partial charge in [0.15, 0.2) is 11.6 Å². The fraction of sp³-hybridized carbons (Fsp3) is 0.385. The summed E-state index contributed by atoms with van der Waals surface area (Å²) in [6.45, 7) is 4.24. The molecule has 0 radical (unpaired) electrons. The molecular weight excluding hydrogens is 207 g/mol. The second kappa shape index (κ2) is 6.14. The Morgan fingerprint density at radius 2 is 2.19 bits per heavy atom. The largest absolute Gasteiger partial charge is 0.490 e. The number of aliphatic hydroxyl groups is 1. The molecule has 0 bridgehead atoms. The van der Waals surface area contributed by atoms with Crippen molar-refractivity contribution >= 4 is 0 Å². The molecule has 0 amide bonds. The number of hydrogen-bond donors (Lipinski definition) is 1. The summed E-state index contributed by atoms with van der Waals surface area (Å²) in [6.07, 6.45) is 0. The summed E-state index contributed by atoms with van der Waals surface area (Å²) >= 11 is 0. The minimum atomic E-state index is -0.393. The van der Waals surface area contributed by atoms with E-state index in [1.54, 1.807) is 12.1 Å². The molecule has 86 valence electrons. The number of benzene rings is 1. The summed E-state index contributed by atoms with van der Waals surface area (Å²) in [5.41, 5.74) is 0.634. The Morgan fingerprint density at radius 1 is 1.44 bits per heavy atom. The lowest BCUT2D eigenvalue weighted by Crippen LogP contribution is -2.05. The Morgan fingerprint density at radius 3 is 2.81 bits per heavy atom. The van der Waals surface area contributed by atoms with Gasteiger partial charge in [-0.15, -0.1) is 0 Å². The van der Waals surface area contributed by atoms with Crippen LogP contribution in [0.15, 0.2) is 18.2 Å². The summed E-state index contributed by atoms with van der Waals surface area (Å²) in [4.78, 5) is 0. The van der Waals surface area contributed by atoms with Crippen LogP contribution in [0.5, 0.6) is 5.75 Å². The Kier molecular flexibility index (Phi) is 4.81. The van der Waals surface area contributed by atoms with E-state index in [1.807, 2.05) is 13.8 Å². The van der Waals surface area contributed by atoms with Crippen LogP contribution >= 0.6 is 0 Å². The zero-order chi connectivity index (χ0) is 12.0. The van der Waals surface area contributed by atoms with Crippen molar-refractivity contribution in [1.82, 2.24) is 0 Å². The molecule has 0 atom stereocenters. The number of hydrogen-bond acceptors (Lipinski definition) is 2. The van der Waals surface area contributed by atoms with Gasteiger partial charge in [0, 0.05) is 5.56 Å². The van der Waals surface area contributed by atoms with Gasteiger partial charge in [0.05, 0.1) is 6.61 Å². The molecule has 0 fully saturated rings. The van der Waals surface area contributed by atoms with Crippen LogP contribution in [-0.2, 0) is 0 Å². The van der Waals surface area contributed by atoms with E-state index in [0.29, 0.717) is 18.1 Å². The van der Waals surface area contributed by atoms with Crippen molar-refractivity contribution in [3.63, 3.8) is 0 Å². The lowest BCUT2D eigenvalue weighted by atomic mass is 10.2. The summed E-state index contributed by atoms with van der Waals surface area (Å²) in [5.74, 6) is 5.36. The average Bonchev–Trinajstić information content (AvgIpc) is 2.26. The SMILES string of the molecule is CC(C)COc1cc(C#CCO)ccc1F. The highest BCUT2D eigenvalue weighted by atomic mass is 19.1. The molecule has 0 aromatic heterocycles. The van der Waals surface area contributed by atoms with Crippen molar-refractivity contribution in [3.8, 4) is 17.6 Å². The highest BCUT2D eigenvalue weighted by Crippen LogP contribution is 2.19. The van der Waals surface area contributed by atoms with Crippen LogP contribution in [0.1, 0.15) is 19.4 Å². The van der Waals surface area contributed by atoms with E-state index in [0.717, 1.165) is 0 Å². The molecule has 1 rings (SSSR count). The van der Waals surface area contributed by atoms with Gasteiger partial charge in [0.2, 0.25) is 0 Å². The first-order valence-electron chi connectivity index (χ1n) is 5.15. The molecule has 0 heterocycles. The maximum atomic E-state index is 13.3. The summed E-state index contributed by atoms with van der Waals surface area (Å²) in [7, 11) is 0. The fourth-order valence-corrected chi connectivity index (χ4v) is 1.09. The molecule has 1 aromatic carbocycles. The van der Waals surface area contributed by atoms with Crippen molar-refractivity contribution in [2.24, 2.45) is 5.92 Å². The molecule has 2 nitrogen and oxygen atoms in total. The molecule has 0 aliphatic carbocycles. The molecule has 0 aliphatic rings. The van der Waals surface area contributed by atoms with Gasteiger partial charge < -0.3 is 9.84 Å². The molecule has 0 saturated heterocycles. The standard InChI is InChI=1S/C13H15FO2/c1-10(2)9-16-13-8-11(4-3-7-15)5-6-12(13)14/h5-6,8,10,15H,7,9H2,1-2H3. The van der Waals surface area contributed by atoms with Crippen molar-refractivity contribution in [3.05, 3.63) is 29.6 Å². The molecule has 0 aliphatic heterocycles. The van der Waals surface area contributed by atoms with E-state index in [-0.39, 0.29) is 12.4 Å². The maximum absolute atomic E-state index is 13.3. The van der Waals surface area contributed by atoms with Crippen LogP contribution < -0.4 is 4.74 Å². The molecule has 0 unspecified atom stereocenters. The van der Waals surface area contributed by atoms with E-state index < -0.39 is 5.82 Å². The second-order valence-electron chi connectivity index (χ2n) is 3.81. The van der Waals surface area contributed by atoms with E-state index >= 15 is 0 Å². The van der Waals surface area contributed by atoms with Gasteiger partial charge >= 0.3 is 0 Å². The quantitative estimate of drug-likeness (QED) is 0.794. The second-order valence-corrected chi connectivity index (χ2v) is 3.81. The van der Waals surface area contributed by atoms with Gasteiger partial charge in [-0.1, -0.05) is 25.7 Å². The van der Waals surface area contributed by atoms with E-state index in [1.165, 1.54) is 6.07 Å². The van der Waals surface area contributed by atoms with Gasteiger partial charge in [-0.2, -0.15) is 0 Å². The molecule has 0 saturated carbocycles. The maximum Gasteiger partial charge on any atom is 0.165 e. The van der Waals surface area contributed by atoms with Gasteiger partial charge in [0.1, 0.15) is 6.61 Å². The molecular formula is C13H15FO2. The van der Waals surface area contributed by atoms with Crippen LogP contribution in [0.2, 0.25) is 0 Å². The Balaban J connectivity index is 2.82. The predicted octanol–water partition coefficient (Wildman–Crippen LogP) is 2.20. The number of halogens is 1. The summed E-state index contributed by atoms with van der Waals surface area (Å²) in [6, 6.07) is 4.41. The lowest BCUT2D eigenvalue weighted by molar-refractivity contribution is 0.259. The summed E-state index contributed by atoms with van der Waals surface area (Å²) in [5, 5.41) is 8.55. The Labute approximate surface area is 95.1 Å². The van der Waals surface area contributed by atoms with Gasteiger partial charge in [-0.05, 0) is 24.1 Å². The van der Waals surface area contributed by atoms with Crippen molar-refractivity contribution < 1.29 is 14.2 Å². The first-order valence-corrected chi connectivity index (χ1v) is 5.15. The minimum absolute atomic E-state index is 0.207. The third-order valence-corrected chi connectivity index (χ3v) is 1.82. The average molecular weight is 222 g/mol. The number of ether oxygens (including phenoxy) is 1. The zero-order valence-electron chi connectivity index (χ0n) is 9.46. The predicted molar refractivity (Wildman–Crippen MR) is 60.7 cm³/mol. The fourth-order valence-electron chi connectivity index (χ4n) is 1.09. The van der Waals surface area contributed by atoms with Crippen LogP contribution in [0.4, 0.5) is 4.39 Å². The minimum Gasteiger partial charge on any atom is -0.490 e. The third-order valence-electron chi connectivity index (χ3n) is 1.82. The van der Waals surface area contributed by atoms with Crippen molar-refractivity contribution in [2.45, 2.75) is 13.8 Å². The van der Waals surface area contributed by atoms with Crippen LogP contribution in [0.25, 0.3) is 0 Å². The van der Waals surface area contributed by atoms with Gasteiger partial charge in [-0.25, -0.2) is 4.39 Å². The highest BCUT2D eigenvalue weighted by molar-refractivity contribution is 5.40. The van der Waals surface area contributed by atoms with E-state index in [2.05, 4.69) is 11.8 Å². The monoisotopic (exact) mass is 222 g/mol. The van der Waals surface area contributed by atoms with E-state index in [9.17, 15) is 4.39 Å². The van der Waals surface area contributed by atoms with Crippen LogP contribution in [-0.4, -0.2) is 18.3 Å². The summed E-state index contributed by atoms with van der Waals surface area (Å²) < 4.78 is 18.6. The zero-order valence-corrected chi connectivity index (χ0v) is 9.46. The smallest absolute Gasteiger partial charge is 0.165 e. The van der Waals surface area contributed by atoms with E-state index in [4.69, 9.17) is 9.84 Å². The Bertz CT molecular complexity index is 402. The first-order chi connectivity index (χ1) is 7.63. The molecule has 3 heteroatoms.